The van der Waals surface area contributed by atoms with E-state index >= 15 is 0 Å². The van der Waals surface area contributed by atoms with Gasteiger partial charge < -0.3 is 28.6 Å². The van der Waals surface area contributed by atoms with Crippen molar-refractivity contribution in [2.45, 2.75) is 19.7 Å². The summed E-state index contributed by atoms with van der Waals surface area (Å²) in [7, 11) is -4.78. The molecule has 200 valence electrons. The molecule has 0 spiro atoms. The average molecular weight is 563 g/mol. The van der Waals surface area contributed by atoms with Crippen LogP contribution < -0.4 is 10.5 Å². The third kappa shape index (κ3) is 5.54. The highest BCUT2D eigenvalue weighted by Crippen LogP contribution is 2.42. The highest BCUT2D eigenvalue weighted by Gasteiger charge is 2.24. The Hall–Kier alpha value is -3.05. The van der Waals surface area contributed by atoms with Gasteiger partial charge in [0.1, 0.15) is 17.7 Å². The number of aromatic nitrogens is 3. The van der Waals surface area contributed by atoms with Crippen molar-refractivity contribution < 1.29 is 28.0 Å². The van der Waals surface area contributed by atoms with Crippen LogP contribution in [0.25, 0.3) is 22.2 Å². The maximum atomic E-state index is 14.4. The lowest BCUT2D eigenvalue weighted by Gasteiger charge is -2.28. The van der Waals surface area contributed by atoms with Crippen LogP contribution in [0.4, 0.5) is 10.1 Å². The number of halogens is 2. The van der Waals surface area contributed by atoms with Crippen LogP contribution in [0, 0.1) is 5.82 Å². The summed E-state index contributed by atoms with van der Waals surface area (Å²) in [6, 6.07) is 9.71. The number of phosphoric acid groups is 1. The van der Waals surface area contributed by atoms with Crippen molar-refractivity contribution in [2.75, 3.05) is 31.2 Å². The molecule has 0 unspecified atom stereocenters. The van der Waals surface area contributed by atoms with E-state index in [1.165, 1.54) is 28.2 Å². The van der Waals surface area contributed by atoms with Crippen molar-refractivity contribution >= 4 is 36.1 Å². The largest absolute Gasteiger partial charge is 0.471 e. The fraction of sp³-hybridized carbons (Fsp3) is 0.280. The number of phosphoric ester groups is 1. The molecule has 4 heterocycles. The van der Waals surface area contributed by atoms with Crippen LogP contribution in [0.5, 0.6) is 0 Å². The van der Waals surface area contributed by atoms with Crippen molar-refractivity contribution in [2.24, 2.45) is 0 Å². The number of fused-ring (bicyclic) bond motifs is 1. The normalized spacial score (nSPS) is 15.2. The second-order valence-electron chi connectivity index (χ2n) is 8.90. The first-order chi connectivity index (χ1) is 18.1. The monoisotopic (exact) mass is 562 g/mol. The van der Waals surface area contributed by atoms with Crippen molar-refractivity contribution in [3.8, 4) is 11.1 Å². The Morgan fingerprint density at radius 3 is 2.71 bits per heavy atom. The highest BCUT2D eigenvalue weighted by molar-refractivity contribution is 7.46. The van der Waals surface area contributed by atoms with Crippen LogP contribution in [0.15, 0.2) is 59.8 Å². The zero-order valence-corrected chi connectivity index (χ0v) is 22.0. The van der Waals surface area contributed by atoms with Gasteiger partial charge in [-0.25, -0.2) is 13.9 Å². The lowest BCUT2D eigenvalue weighted by Crippen LogP contribution is -2.36. The first-order valence-electron chi connectivity index (χ1n) is 11.8. The highest BCUT2D eigenvalue weighted by atomic mass is 35.5. The molecular weight excluding hydrogens is 538 g/mol. The third-order valence-corrected chi connectivity index (χ3v) is 7.26. The van der Waals surface area contributed by atoms with Gasteiger partial charge in [-0.05, 0) is 30.7 Å². The molecule has 0 saturated carbocycles. The topological polar surface area (TPSA) is 119 Å². The molecule has 2 N–H and O–H groups in total. The number of pyridine rings is 2. The van der Waals surface area contributed by atoms with Crippen LogP contribution in [-0.4, -0.2) is 50.2 Å². The van der Waals surface area contributed by atoms with Crippen molar-refractivity contribution in [1.82, 2.24) is 14.1 Å². The van der Waals surface area contributed by atoms with Crippen LogP contribution >= 0.6 is 19.4 Å². The fourth-order valence-corrected chi connectivity index (χ4v) is 5.22. The molecule has 38 heavy (non-hydrogen) atoms. The first-order valence-corrected chi connectivity index (χ1v) is 13.7. The Morgan fingerprint density at radius 2 is 2.00 bits per heavy atom. The third-order valence-electron chi connectivity index (χ3n) is 6.39. The van der Waals surface area contributed by atoms with Gasteiger partial charge in [0, 0.05) is 48.1 Å². The standard InChI is InChI=1S/C25H25ClFN4O6P/c1-16(37-38(33,34)35)31-15-21(20-12-19(13-28-25(20)31)29-7-9-36-10-8-29)17-5-6-30(23(32)11-17)14-18-3-2-4-22(26)24(18)27/h2-6,11-13,15-16H,7-10,14H2,1H3,(H2,33,34,35)/t16-/m0/s1. The van der Waals surface area contributed by atoms with Gasteiger partial charge >= 0.3 is 7.82 Å². The molecule has 5 rings (SSSR count). The molecule has 0 amide bonds. The summed E-state index contributed by atoms with van der Waals surface area (Å²) in [5.74, 6) is -0.575. The molecule has 1 aromatic carbocycles. The van der Waals surface area contributed by atoms with Crippen molar-refractivity contribution in [3.63, 3.8) is 0 Å². The lowest BCUT2D eigenvalue weighted by atomic mass is 10.1. The number of rotatable bonds is 7. The summed E-state index contributed by atoms with van der Waals surface area (Å²) in [4.78, 5) is 38.4. The molecule has 0 radical (unpaired) electrons. The Bertz CT molecular complexity index is 1600. The molecule has 13 heteroatoms. The number of anilines is 1. The summed E-state index contributed by atoms with van der Waals surface area (Å²) in [5.41, 5.74) is 2.40. The first kappa shape index (κ1) is 26.6. The number of morpholine rings is 1. The zero-order valence-electron chi connectivity index (χ0n) is 20.3. The second-order valence-corrected chi connectivity index (χ2v) is 10.5. The Morgan fingerprint density at radius 1 is 1.24 bits per heavy atom. The Labute approximate surface area is 222 Å². The van der Waals surface area contributed by atoms with Gasteiger partial charge in [-0.3, -0.25) is 9.32 Å². The lowest BCUT2D eigenvalue weighted by molar-refractivity contribution is 0.101. The van der Waals surface area contributed by atoms with E-state index in [1.807, 2.05) is 6.07 Å². The molecule has 0 bridgehead atoms. The van der Waals surface area contributed by atoms with Crippen molar-refractivity contribution in [3.05, 3.63) is 81.7 Å². The zero-order chi connectivity index (χ0) is 27.0. The molecule has 1 fully saturated rings. The van der Waals surface area contributed by atoms with E-state index in [9.17, 15) is 23.5 Å². The molecule has 0 aliphatic carbocycles. The molecule has 10 nitrogen and oxygen atoms in total. The smallest absolute Gasteiger partial charge is 0.378 e. The minimum Gasteiger partial charge on any atom is -0.378 e. The minimum absolute atomic E-state index is 0.00314. The molecule has 1 aliphatic heterocycles. The van der Waals surface area contributed by atoms with E-state index in [0.29, 0.717) is 48.5 Å². The maximum Gasteiger partial charge on any atom is 0.471 e. The molecule has 1 atom stereocenters. The van der Waals surface area contributed by atoms with Crippen LogP contribution in [0.2, 0.25) is 5.02 Å². The summed E-state index contributed by atoms with van der Waals surface area (Å²) in [6.45, 7) is 4.06. The average Bonchev–Trinajstić information content (AvgIpc) is 3.26. The van der Waals surface area contributed by atoms with Gasteiger partial charge in [0.25, 0.3) is 5.56 Å². The van der Waals surface area contributed by atoms with Gasteiger partial charge in [-0.2, -0.15) is 0 Å². The van der Waals surface area contributed by atoms with E-state index in [1.54, 1.807) is 36.8 Å². The predicted molar refractivity (Wildman–Crippen MR) is 141 cm³/mol. The molecule has 3 aromatic heterocycles. The summed E-state index contributed by atoms with van der Waals surface area (Å²) < 4.78 is 39.1. The van der Waals surface area contributed by atoms with Crippen molar-refractivity contribution in [1.29, 1.82) is 0 Å². The molecule has 1 aliphatic rings. The van der Waals surface area contributed by atoms with E-state index < -0.39 is 19.9 Å². The SMILES string of the molecule is C[C@H](OP(=O)(O)O)n1cc(-c2ccn(Cc3cccc(Cl)c3F)c(=O)c2)c2cc(N3CCOCC3)cnc21. The van der Waals surface area contributed by atoms with E-state index in [0.717, 1.165) is 5.69 Å². The Kier molecular flexibility index (Phi) is 7.41. The summed E-state index contributed by atoms with van der Waals surface area (Å²) in [6.07, 6.45) is 3.86. The number of benzene rings is 1. The molecule has 1 saturated heterocycles. The van der Waals surface area contributed by atoms with E-state index in [-0.39, 0.29) is 22.7 Å². The van der Waals surface area contributed by atoms with Gasteiger partial charge in [0.05, 0.1) is 36.7 Å². The van der Waals surface area contributed by atoms with Gasteiger partial charge in [0.15, 0.2) is 0 Å². The summed E-state index contributed by atoms with van der Waals surface area (Å²) in [5, 5.41) is 0.656. The van der Waals surface area contributed by atoms with Gasteiger partial charge in [-0.15, -0.1) is 0 Å². The maximum absolute atomic E-state index is 14.4. The van der Waals surface area contributed by atoms with Crippen LogP contribution in [0.1, 0.15) is 18.7 Å². The van der Waals surface area contributed by atoms with Gasteiger partial charge in [0.2, 0.25) is 0 Å². The number of hydrogen-bond acceptors (Lipinski definition) is 6. The van der Waals surface area contributed by atoms with Gasteiger partial charge in [-0.1, -0.05) is 23.7 Å². The number of hydrogen-bond donors (Lipinski definition) is 2. The number of ether oxygens (including phenoxy) is 1. The van der Waals surface area contributed by atoms with E-state index in [2.05, 4.69) is 9.88 Å². The number of nitrogens with zero attached hydrogens (tertiary/aromatic N) is 4. The van der Waals surface area contributed by atoms with Crippen LogP contribution in [0.3, 0.4) is 0 Å². The fourth-order valence-electron chi connectivity index (χ4n) is 4.53. The van der Waals surface area contributed by atoms with Crippen LogP contribution in [-0.2, 0) is 20.4 Å². The minimum atomic E-state index is -4.78. The quantitative estimate of drug-likeness (QED) is 0.322. The molecular formula is C25H25ClFN4O6P. The second kappa shape index (κ2) is 10.6. The van der Waals surface area contributed by atoms with E-state index in [4.69, 9.17) is 20.9 Å². The Balaban J connectivity index is 1.57. The molecule has 4 aromatic rings. The predicted octanol–water partition coefficient (Wildman–Crippen LogP) is 4.17. The summed E-state index contributed by atoms with van der Waals surface area (Å²) >= 11 is 5.88.